The van der Waals surface area contributed by atoms with Crippen LogP contribution in [0.2, 0.25) is 0 Å². The molecule has 0 aliphatic heterocycles. The van der Waals surface area contributed by atoms with Crippen molar-refractivity contribution in [1.29, 1.82) is 0 Å². The van der Waals surface area contributed by atoms with Crippen molar-refractivity contribution in [2.24, 2.45) is 11.3 Å². The lowest BCUT2D eigenvalue weighted by Gasteiger charge is -2.45. The molecule has 20 heavy (non-hydrogen) atoms. The average molecular weight is 278 g/mol. The summed E-state index contributed by atoms with van der Waals surface area (Å²) < 4.78 is 5.49. The first-order valence-electron chi connectivity index (χ1n) is 7.99. The molecular formula is C17H30N2O. The zero-order valence-corrected chi connectivity index (χ0v) is 13.5. The molecule has 1 aromatic rings. The average Bonchev–Trinajstić information content (AvgIpc) is 2.90. The van der Waals surface area contributed by atoms with E-state index in [4.69, 9.17) is 4.42 Å². The first kappa shape index (κ1) is 15.6. The molecule has 0 radical (unpaired) electrons. The van der Waals surface area contributed by atoms with Gasteiger partial charge in [-0.3, -0.25) is 4.90 Å². The molecule has 1 saturated carbocycles. The number of nitrogens with one attached hydrogen (secondary N) is 1. The SMILES string of the molecule is CCN(Cc1ccco1)CC1CCCC(C)(C)C1NC. The molecule has 0 amide bonds. The van der Waals surface area contributed by atoms with Gasteiger partial charge in [-0.2, -0.15) is 0 Å². The van der Waals surface area contributed by atoms with Crippen LogP contribution in [0.4, 0.5) is 0 Å². The van der Waals surface area contributed by atoms with E-state index in [1.165, 1.54) is 19.3 Å². The van der Waals surface area contributed by atoms with Crippen LogP contribution in [-0.4, -0.2) is 31.1 Å². The molecule has 1 fully saturated rings. The molecule has 1 aliphatic rings. The van der Waals surface area contributed by atoms with Crippen molar-refractivity contribution in [1.82, 2.24) is 10.2 Å². The van der Waals surface area contributed by atoms with Gasteiger partial charge in [-0.1, -0.05) is 27.2 Å². The lowest BCUT2D eigenvalue weighted by atomic mass is 9.68. The fraction of sp³-hybridized carbons (Fsp3) is 0.765. The van der Waals surface area contributed by atoms with Crippen LogP contribution in [-0.2, 0) is 6.54 Å². The molecule has 3 nitrogen and oxygen atoms in total. The van der Waals surface area contributed by atoms with Crippen molar-refractivity contribution >= 4 is 0 Å². The van der Waals surface area contributed by atoms with Crippen LogP contribution in [0.3, 0.4) is 0 Å². The van der Waals surface area contributed by atoms with Crippen molar-refractivity contribution in [3.63, 3.8) is 0 Å². The molecule has 3 heteroatoms. The van der Waals surface area contributed by atoms with Crippen molar-refractivity contribution in [3.8, 4) is 0 Å². The maximum Gasteiger partial charge on any atom is 0.117 e. The van der Waals surface area contributed by atoms with Gasteiger partial charge in [0.2, 0.25) is 0 Å². The number of hydrogen-bond donors (Lipinski definition) is 1. The summed E-state index contributed by atoms with van der Waals surface area (Å²) in [5, 5.41) is 3.58. The van der Waals surface area contributed by atoms with E-state index in [0.29, 0.717) is 11.5 Å². The Kier molecular flexibility index (Phi) is 5.28. The van der Waals surface area contributed by atoms with E-state index < -0.39 is 0 Å². The predicted octanol–water partition coefficient (Wildman–Crippen LogP) is 3.52. The van der Waals surface area contributed by atoms with Crippen molar-refractivity contribution in [2.45, 2.75) is 52.6 Å². The van der Waals surface area contributed by atoms with Crippen molar-refractivity contribution in [3.05, 3.63) is 24.2 Å². The van der Waals surface area contributed by atoms with Gasteiger partial charge in [-0.25, -0.2) is 0 Å². The van der Waals surface area contributed by atoms with Gasteiger partial charge in [0.15, 0.2) is 0 Å². The summed E-state index contributed by atoms with van der Waals surface area (Å²) in [6, 6.07) is 4.66. The predicted molar refractivity (Wildman–Crippen MR) is 83.6 cm³/mol. The van der Waals surface area contributed by atoms with Gasteiger partial charge < -0.3 is 9.73 Å². The third kappa shape index (κ3) is 3.64. The standard InChI is InChI=1S/C17H30N2O/c1-5-19(13-15-9-7-11-20-15)12-14-8-6-10-17(2,3)16(14)18-4/h7,9,11,14,16,18H,5-6,8,10,12-13H2,1-4H3. The van der Waals surface area contributed by atoms with Gasteiger partial charge in [-0.05, 0) is 49.9 Å². The summed E-state index contributed by atoms with van der Waals surface area (Å²) in [5.74, 6) is 1.81. The Morgan fingerprint density at radius 1 is 1.45 bits per heavy atom. The van der Waals surface area contributed by atoms with Crippen LogP contribution in [0.5, 0.6) is 0 Å². The molecule has 0 spiro atoms. The lowest BCUT2D eigenvalue weighted by Crippen LogP contribution is -2.51. The third-order valence-corrected chi connectivity index (χ3v) is 4.92. The van der Waals surface area contributed by atoms with E-state index in [-0.39, 0.29) is 0 Å². The van der Waals surface area contributed by atoms with Gasteiger partial charge in [0, 0.05) is 12.6 Å². The fourth-order valence-electron chi connectivity index (χ4n) is 3.86. The van der Waals surface area contributed by atoms with Crippen LogP contribution in [0, 0.1) is 11.3 Å². The monoisotopic (exact) mass is 278 g/mol. The zero-order chi connectivity index (χ0) is 14.6. The maximum absolute atomic E-state index is 5.49. The molecule has 0 saturated heterocycles. The summed E-state index contributed by atoms with van der Waals surface area (Å²) in [4.78, 5) is 2.51. The highest BCUT2D eigenvalue weighted by Gasteiger charge is 2.38. The molecule has 1 heterocycles. The molecule has 1 aliphatic carbocycles. The summed E-state index contributed by atoms with van der Waals surface area (Å²) in [5.41, 5.74) is 0.405. The van der Waals surface area contributed by atoms with Crippen LogP contribution in [0.25, 0.3) is 0 Å². The Morgan fingerprint density at radius 2 is 2.25 bits per heavy atom. The van der Waals surface area contributed by atoms with E-state index in [0.717, 1.165) is 31.3 Å². The first-order valence-corrected chi connectivity index (χ1v) is 7.99. The third-order valence-electron chi connectivity index (χ3n) is 4.92. The van der Waals surface area contributed by atoms with Crippen molar-refractivity contribution < 1.29 is 4.42 Å². The second kappa shape index (κ2) is 6.77. The Labute approximate surface area is 123 Å². The Bertz CT molecular complexity index is 386. The highest BCUT2D eigenvalue weighted by molar-refractivity contribution is 4.99. The van der Waals surface area contributed by atoms with Gasteiger partial charge in [0.25, 0.3) is 0 Å². The van der Waals surface area contributed by atoms with Gasteiger partial charge in [0.1, 0.15) is 5.76 Å². The minimum atomic E-state index is 0.405. The van der Waals surface area contributed by atoms with E-state index in [2.05, 4.69) is 44.1 Å². The van der Waals surface area contributed by atoms with Gasteiger partial charge in [0.05, 0.1) is 12.8 Å². The lowest BCUT2D eigenvalue weighted by molar-refractivity contribution is 0.0808. The molecule has 0 bridgehead atoms. The number of rotatable bonds is 6. The maximum atomic E-state index is 5.49. The number of hydrogen-bond acceptors (Lipinski definition) is 3. The number of furan rings is 1. The largest absolute Gasteiger partial charge is 0.468 e. The first-order chi connectivity index (χ1) is 9.56. The Morgan fingerprint density at radius 3 is 2.85 bits per heavy atom. The molecule has 1 aromatic heterocycles. The molecule has 0 aromatic carbocycles. The molecule has 2 unspecified atom stereocenters. The van der Waals surface area contributed by atoms with Crippen LogP contribution in [0.15, 0.2) is 22.8 Å². The normalized spacial score (nSPS) is 26.1. The number of nitrogens with zero attached hydrogens (tertiary/aromatic N) is 1. The molecular weight excluding hydrogens is 248 g/mol. The van der Waals surface area contributed by atoms with Gasteiger partial charge >= 0.3 is 0 Å². The van der Waals surface area contributed by atoms with E-state index in [1.54, 1.807) is 6.26 Å². The molecule has 2 atom stereocenters. The highest BCUT2D eigenvalue weighted by atomic mass is 16.3. The van der Waals surface area contributed by atoms with E-state index in [9.17, 15) is 0 Å². The second-order valence-electron chi connectivity index (χ2n) is 6.81. The zero-order valence-electron chi connectivity index (χ0n) is 13.5. The smallest absolute Gasteiger partial charge is 0.117 e. The van der Waals surface area contributed by atoms with Crippen molar-refractivity contribution in [2.75, 3.05) is 20.1 Å². The quantitative estimate of drug-likeness (QED) is 0.863. The van der Waals surface area contributed by atoms with E-state index in [1.807, 2.05) is 6.07 Å². The Balaban J connectivity index is 1.98. The van der Waals surface area contributed by atoms with Crippen LogP contribution >= 0.6 is 0 Å². The molecule has 2 rings (SSSR count). The molecule has 1 N–H and O–H groups in total. The van der Waals surface area contributed by atoms with Crippen LogP contribution < -0.4 is 5.32 Å². The summed E-state index contributed by atoms with van der Waals surface area (Å²) in [6.07, 6.45) is 5.79. The summed E-state index contributed by atoms with van der Waals surface area (Å²) in [7, 11) is 2.12. The fourth-order valence-corrected chi connectivity index (χ4v) is 3.86. The Hall–Kier alpha value is -0.800. The highest BCUT2D eigenvalue weighted by Crippen LogP contribution is 2.39. The molecule has 114 valence electrons. The second-order valence-corrected chi connectivity index (χ2v) is 6.81. The summed E-state index contributed by atoms with van der Waals surface area (Å²) in [6.45, 7) is 10.2. The minimum absolute atomic E-state index is 0.405. The van der Waals surface area contributed by atoms with E-state index >= 15 is 0 Å². The minimum Gasteiger partial charge on any atom is -0.468 e. The summed E-state index contributed by atoms with van der Waals surface area (Å²) >= 11 is 0. The van der Waals surface area contributed by atoms with Gasteiger partial charge in [-0.15, -0.1) is 0 Å². The topological polar surface area (TPSA) is 28.4 Å². The van der Waals surface area contributed by atoms with Crippen LogP contribution in [0.1, 0.15) is 45.8 Å².